The number of nitrogens with zero attached hydrogens (tertiary/aromatic N) is 1. The minimum atomic E-state index is -0.404. The van der Waals surface area contributed by atoms with Crippen LogP contribution in [0.25, 0.3) is 0 Å². The summed E-state index contributed by atoms with van der Waals surface area (Å²) < 4.78 is 13.3. The van der Waals surface area contributed by atoms with Crippen molar-refractivity contribution in [1.82, 2.24) is 0 Å². The van der Waals surface area contributed by atoms with Crippen LogP contribution in [0.2, 0.25) is 0 Å². The Kier molecular flexibility index (Phi) is 6.16. The van der Waals surface area contributed by atoms with E-state index < -0.39 is 5.43 Å². The van der Waals surface area contributed by atoms with Gasteiger partial charge >= 0.3 is 0 Å². The highest BCUT2D eigenvalue weighted by molar-refractivity contribution is 5.92. The van der Waals surface area contributed by atoms with Crippen LogP contribution in [0.15, 0.2) is 33.9 Å². The van der Waals surface area contributed by atoms with Crippen LogP contribution in [0.3, 0.4) is 0 Å². The van der Waals surface area contributed by atoms with Crippen LogP contribution in [0.1, 0.15) is 44.9 Å². The number of hydrogen-bond donors (Lipinski definition) is 2. The molecular weight excluding hydrogens is 385 g/mol. The Bertz CT molecular complexity index is 968. The predicted molar refractivity (Wildman–Crippen MR) is 116 cm³/mol. The number of anilines is 3. The van der Waals surface area contributed by atoms with Gasteiger partial charge in [-0.3, -0.25) is 14.4 Å². The van der Waals surface area contributed by atoms with E-state index in [-0.39, 0.29) is 23.1 Å². The summed E-state index contributed by atoms with van der Waals surface area (Å²) >= 11 is 0. The number of hydrogen-bond acceptors (Lipinski definition) is 5. The molecule has 1 amide bonds. The van der Waals surface area contributed by atoms with Gasteiger partial charge in [0.1, 0.15) is 17.2 Å². The zero-order chi connectivity index (χ0) is 21.1. The molecule has 0 unspecified atom stereocenters. The Hall–Kier alpha value is -2.70. The van der Waals surface area contributed by atoms with E-state index in [2.05, 4.69) is 10.6 Å². The standard InChI is InChI=1S/C23H28FN3O3/c24-17-5-4-6-18(13-17)26-23(30)16-9-7-15(8-10-16)14-25-19-20(22(29)21(19)28)27-11-2-1-3-12-27/h4-6,13,15-16,25H,1-3,7-12,14H2,(H,26,30). The van der Waals surface area contributed by atoms with E-state index in [1.54, 1.807) is 12.1 Å². The van der Waals surface area contributed by atoms with Gasteiger partial charge in [-0.1, -0.05) is 6.07 Å². The Labute approximate surface area is 175 Å². The predicted octanol–water partition coefficient (Wildman–Crippen LogP) is 3.27. The fraction of sp³-hybridized carbons (Fsp3) is 0.522. The average Bonchev–Trinajstić information content (AvgIpc) is 2.77. The molecule has 0 spiro atoms. The van der Waals surface area contributed by atoms with E-state index in [0.717, 1.165) is 51.6 Å². The number of amides is 1. The van der Waals surface area contributed by atoms with Gasteiger partial charge in [0.15, 0.2) is 0 Å². The summed E-state index contributed by atoms with van der Waals surface area (Å²) in [6, 6.07) is 5.92. The summed E-state index contributed by atoms with van der Waals surface area (Å²) in [4.78, 5) is 38.6. The van der Waals surface area contributed by atoms with Crippen molar-refractivity contribution in [1.29, 1.82) is 0 Å². The highest BCUT2D eigenvalue weighted by atomic mass is 19.1. The molecule has 1 aliphatic heterocycles. The molecule has 1 saturated heterocycles. The number of carbonyl (C=O) groups is 1. The molecule has 2 aromatic rings. The summed E-state index contributed by atoms with van der Waals surface area (Å²) in [6.07, 6.45) is 6.56. The number of nitrogens with one attached hydrogen (secondary N) is 2. The lowest BCUT2D eigenvalue weighted by Crippen LogP contribution is -2.45. The van der Waals surface area contributed by atoms with Crippen molar-refractivity contribution in [3.63, 3.8) is 0 Å². The molecule has 2 aromatic carbocycles. The van der Waals surface area contributed by atoms with Crippen LogP contribution < -0.4 is 26.4 Å². The molecule has 1 aliphatic carbocycles. The second kappa shape index (κ2) is 8.98. The van der Waals surface area contributed by atoms with E-state index in [4.69, 9.17) is 0 Å². The number of carbonyl (C=O) groups excluding carboxylic acids is 1. The second-order valence-electron chi connectivity index (χ2n) is 8.53. The third-order valence-corrected chi connectivity index (χ3v) is 6.43. The number of rotatable bonds is 6. The van der Waals surface area contributed by atoms with Gasteiger partial charge in [0.05, 0.1) is 0 Å². The normalized spacial score (nSPS) is 22.1. The largest absolute Gasteiger partial charge is 0.380 e. The summed E-state index contributed by atoms with van der Waals surface area (Å²) in [5, 5.41) is 6.03. The quantitative estimate of drug-likeness (QED) is 0.711. The molecular formula is C23H28FN3O3. The van der Waals surface area contributed by atoms with Crippen molar-refractivity contribution in [3.8, 4) is 0 Å². The highest BCUT2D eigenvalue weighted by Crippen LogP contribution is 2.31. The minimum absolute atomic E-state index is 0.0677. The van der Waals surface area contributed by atoms with Gasteiger partial charge in [-0.2, -0.15) is 0 Å². The maximum Gasteiger partial charge on any atom is 0.253 e. The maximum absolute atomic E-state index is 13.3. The summed E-state index contributed by atoms with van der Waals surface area (Å²) in [5.41, 5.74) is 0.765. The van der Waals surface area contributed by atoms with Crippen molar-refractivity contribution in [3.05, 3.63) is 50.5 Å². The SMILES string of the molecule is O=C(Nc1cccc(F)c1)C1CCC(CNc2c(N3CCCCC3)c(=O)c2=O)CC1. The third kappa shape index (κ3) is 4.40. The van der Waals surface area contributed by atoms with Gasteiger partial charge in [0, 0.05) is 31.2 Å². The summed E-state index contributed by atoms with van der Waals surface area (Å²) in [5.74, 6) is -0.159. The summed E-state index contributed by atoms with van der Waals surface area (Å²) in [6.45, 7) is 2.32. The Morgan fingerprint density at radius 3 is 2.47 bits per heavy atom. The molecule has 6 nitrogen and oxygen atoms in total. The van der Waals surface area contributed by atoms with Crippen LogP contribution in [-0.4, -0.2) is 25.5 Å². The van der Waals surface area contributed by atoms with Gasteiger partial charge in [0.25, 0.3) is 10.9 Å². The number of benzene rings is 1. The molecule has 2 aliphatic rings. The van der Waals surface area contributed by atoms with E-state index in [1.807, 2.05) is 4.90 Å². The first-order chi connectivity index (χ1) is 14.5. The van der Waals surface area contributed by atoms with Gasteiger partial charge in [-0.25, -0.2) is 4.39 Å². The molecule has 4 rings (SSSR count). The first kappa shape index (κ1) is 20.6. The van der Waals surface area contributed by atoms with Crippen molar-refractivity contribution in [2.45, 2.75) is 44.9 Å². The number of piperidine rings is 1. The Morgan fingerprint density at radius 1 is 1.03 bits per heavy atom. The molecule has 2 N–H and O–H groups in total. The van der Waals surface area contributed by atoms with Gasteiger partial charge in [-0.05, 0) is 69.1 Å². The molecule has 1 saturated carbocycles. The molecule has 0 bridgehead atoms. The molecule has 0 radical (unpaired) electrons. The van der Waals surface area contributed by atoms with Gasteiger partial charge in [0.2, 0.25) is 5.91 Å². The highest BCUT2D eigenvalue weighted by Gasteiger charge is 2.29. The fourth-order valence-electron chi connectivity index (χ4n) is 4.65. The zero-order valence-electron chi connectivity index (χ0n) is 17.1. The van der Waals surface area contributed by atoms with Crippen LogP contribution in [0, 0.1) is 17.7 Å². The lowest BCUT2D eigenvalue weighted by atomic mass is 9.81. The van der Waals surface area contributed by atoms with Gasteiger partial charge in [-0.15, -0.1) is 0 Å². The first-order valence-corrected chi connectivity index (χ1v) is 10.9. The molecule has 160 valence electrons. The lowest BCUT2D eigenvalue weighted by molar-refractivity contribution is -0.121. The Balaban J connectivity index is 1.27. The fourth-order valence-corrected chi connectivity index (χ4v) is 4.65. The van der Waals surface area contributed by atoms with E-state index >= 15 is 0 Å². The smallest absolute Gasteiger partial charge is 0.253 e. The summed E-state index contributed by atoms with van der Waals surface area (Å²) in [7, 11) is 0. The van der Waals surface area contributed by atoms with Gasteiger partial charge < -0.3 is 15.5 Å². The molecule has 7 heteroatoms. The number of halogens is 1. The van der Waals surface area contributed by atoms with E-state index in [0.29, 0.717) is 29.5 Å². The van der Waals surface area contributed by atoms with Crippen molar-refractivity contribution < 1.29 is 9.18 Å². The maximum atomic E-state index is 13.3. The Morgan fingerprint density at radius 2 is 1.77 bits per heavy atom. The zero-order valence-corrected chi connectivity index (χ0v) is 17.1. The van der Waals surface area contributed by atoms with Crippen LogP contribution in [0.5, 0.6) is 0 Å². The van der Waals surface area contributed by atoms with E-state index in [1.165, 1.54) is 18.6 Å². The monoisotopic (exact) mass is 413 g/mol. The molecule has 30 heavy (non-hydrogen) atoms. The topological polar surface area (TPSA) is 78.5 Å². The van der Waals surface area contributed by atoms with Crippen molar-refractivity contribution >= 4 is 23.0 Å². The molecule has 0 aromatic heterocycles. The third-order valence-electron chi connectivity index (χ3n) is 6.43. The molecule has 0 atom stereocenters. The average molecular weight is 413 g/mol. The van der Waals surface area contributed by atoms with Crippen LogP contribution in [-0.2, 0) is 4.79 Å². The van der Waals surface area contributed by atoms with Crippen molar-refractivity contribution in [2.24, 2.45) is 11.8 Å². The lowest BCUT2D eigenvalue weighted by Gasteiger charge is -2.32. The first-order valence-electron chi connectivity index (χ1n) is 10.9. The van der Waals surface area contributed by atoms with E-state index in [9.17, 15) is 18.8 Å². The second-order valence-corrected chi connectivity index (χ2v) is 8.53. The molecule has 2 fully saturated rings. The van der Waals surface area contributed by atoms with Crippen LogP contribution in [0.4, 0.5) is 21.5 Å². The minimum Gasteiger partial charge on any atom is -0.380 e. The molecule has 1 heterocycles. The van der Waals surface area contributed by atoms with Crippen LogP contribution >= 0.6 is 0 Å². The van der Waals surface area contributed by atoms with Crippen molar-refractivity contribution in [2.75, 3.05) is 35.2 Å².